The summed E-state index contributed by atoms with van der Waals surface area (Å²) in [5.41, 5.74) is -0.122. The fraction of sp³-hybridized carbons (Fsp3) is 0.391. The zero-order chi connectivity index (χ0) is 23.8. The van der Waals surface area contributed by atoms with Gasteiger partial charge in [0.15, 0.2) is 5.75 Å². The number of carbonyl (C=O) groups is 1. The van der Waals surface area contributed by atoms with Crippen LogP contribution >= 0.6 is 0 Å². The summed E-state index contributed by atoms with van der Waals surface area (Å²) in [6, 6.07) is 8.27. The lowest BCUT2D eigenvalue weighted by Crippen LogP contribution is -2.56. The van der Waals surface area contributed by atoms with Crippen molar-refractivity contribution in [3.63, 3.8) is 0 Å². The number of aliphatic imine (C=N–C) groups is 1. The van der Waals surface area contributed by atoms with Crippen LogP contribution < -0.4 is 9.47 Å². The molecule has 0 aliphatic carbocycles. The number of amidine groups is 1. The topological polar surface area (TPSA) is 63.6 Å². The van der Waals surface area contributed by atoms with Gasteiger partial charge in [-0.2, -0.15) is 13.2 Å². The van der Waals surface area contributed by atoms with Crippen molar-refractivity contribution in [2.75, 3.05) is 40.5 Å². The van der Waals surface area contributed by atoms with Gasteiger partial charge in [-0.3, -0.25) is 4.79 Å². The van der Waals surface area contributed by atoms with Crippen LogP contribution in [0, 0.1) is 0 Å². The number of ether oxygens (including phenoxy) is 3. The van der Waals surface area contributed by atoms with Crippen LogP contribution in [-0.2, 0) is 15.7 Å². The van der Waals surface area contributed by atoms with Gasteiger partial charge in [-0.25, -0.2) is 4.99 Å². The second kappa shape index (κ2) is 8.93. The van der Waals surface area contributed by atoms with E-state index in [1.807, 2.05) is 11.8 Å². The van der Waals surface area contributed by atoms with Crippen molar-refractivity contribution in [1.29, 1.82) is 0 Å². The molecule has 0 spiro atoms. The van der Waals surface area contributed by atoms with Crippen LogP contribution in [-0.4, -0.2) is 68.0 Å². The number of fused-ring (bicyclic) bond motifs is 2. The Balaban J connectivity index is 1.76. The first kappa shape index (κ1) is 22.9. The number of piperazine rings is 1. The molecule has 2 aliphatic heterocycles. The van der Waals surface area contributed by atoms with E-state index in [1.165, 1.54) is 20.3 Å². The molecule has 0 N–H and O–H groups in total. The summed E-state index contributed by atoms with van der Waals surface area (Å²) in [6.45, 7) is 3.23. The third kappa shape index (κ3) is 4.61. The molecule has 4 rings (SSSR count). The highest BCUT2D eigenvalue weighted by molar-refractivity contribution is 6.04. The third-order valence-corrected chi connectivity index (χ3v) is 5.68. The van der Waals surface area contributed by atoms with Crippen LogP contribution in [0.4, 0.5) is 18.9 Å². The molecule has 0 saturated carbocycles. The van der Waals surface area contributed by atoms with Crippen molar-refractivity contribution in [1.82, 2.24) is 9.80 Å². The van der Waals surface area contributed by atoms with Crippen LogP contribution in [0.3, 0.4) is 0 Å². The van der Waals surface area contributed by atoms with Crippen molar-refractivity contribution in [3.8, 4) is 17.2 Å². The molecule has 1 atom stereocenters. The minimum atomic E-state index is -4.51. The highest BCUT2D eigenvalue weighted by Gasteiger charge is 2.34. The highest BCUT2D eigenvalue weighted by Crippen LogP contribution is 2.42. The van der Waals surface area contributed by atoms with Gasteiger partial charge in [0.1, 0.15) is 29.6 Å². The molecule has 1 fully saturated rings. The normalized spacial score (nSPS) is 18.0. The highest BCUT2D eigenvalue weighted by atomic mass is 19.4. The van der Waals surface area contributed by atoms with Crippen molar-refractivity contribution < 1.29 is 32.2 Å². The molecule has 1 saturated heterocycles. The second-order valence-electron chi connectivity index (χ2n) is 7.90. The average molecular weight is 463 g/mol. The van der Waals surface area contributed by atoms with Gasteiger partial charge < -0.3 is 24.0 Å². The lowest BCUT2D eigenvalue weighted by atomic mass is 10.1. The summed E-state index contributed by atoms with van der Waals surface area (Å²) in [5, 5.41) is 0. The quantitative estimate of drug-likeness (QED) is 0.687. The zero-order valence-electron chi connectivity index (χ0n) is 18.5. The van der Waals surface area contributed by atoms with E-state index in [0.717, 1.165) is 12.1 Å². The maximum Gasteiger partial charge on any atom is 0.416 e. The first-order valence-corrected chi connectivity index (χ1v) is 10.4. The Kier molecular flexibility index (Phi) is 6.20. The number of nitrogens with zero attached hydrogens (tertiary/aromatic N) is 3. The summed E-state index contributed by atoms with van der Waals surface area (Å²) in [7, 11) is 3.00. The van der Waals surface area contributed by atoms with Crippen molar-refractivity contribution >= 4 is 17.4 Å². The van der Waals surface area contributed by atoms with Gasteiger partial charge >= 0.3 is 6.18 Å². The van der Waals surface area contributed by atoms with Crippen LogP contribution in [0.15, 0.2) is 41.4 Å². The summed E-state index contributed by atoms with van der Waals surface area (Å²) in [4.78, 5) is 20.6. The largest absolute Gasteiger partial charge is 0.497 e. The Morgan fingerprint density at radius 3 is 2.58 bits per heavy atom. The Labute approximate surface area is 189 Å². The molecule has 176 valence electrons. The minimum Gasteiger partial charge on any atom is -0.497 e. The number of amides is 1. The number of halogens is 3. The van der Waals surface area contributed by atoms with Crippen LogP contribution in [0.5, 0.6) is 17.2 Å². The summed E-state index contributed by atoms with van der Waals surface area (Å²) >= 11 is 0. The van der Waals surface area contributed by atoms with Crippen molar-refractivity contribution in [3.05, 3.63) is 47.5 Å². The molecule has 0 bridgehead atoms. The smallest absolute Gasteiger partial charge is 0.416 e. The Morgan fingerprint density at radius 2 is 1.91 bits per heavy atom. The van der Waals surface area contributed by atoms with Gasteiger partial charge in [-0.1, -0.05) is 0 Å². The molecular weight excluding hydrogens is 439 g/mol. The lowest BCUT2D eigenvalue weighted by molar-refractivity contribution is -0.139. The molecule has 2 heterocycles. The molecule has 2 aliphatic rings. The number of rotatable bonds is 3. The Hall–Kier alpha value is -3.27. The van der Waals surface area contributed by atoms with Gasteiger partial charge in [-0.15, -0.1) is 0 Å². The Morgan fingerprint density at radius 1 is 1.15 bits per heavy atom. The number of hydrogen-bond donors (Lipinski definition) is 0. The fourth-order valence-corrected chi connectivity index (χ4v) is 4.03. The van der Waals surface area contributed by atoms with Gasteiger partial charge in [0.2, 0.25) is 5.91 Å². The number of carbonyl (C=O) groups excluding carboxylic acids is 1. The predicted octanol–water partition coefficient (Wildman–Crippen LogP) is 4.08. The van der Waals surface area contributed by atoms with E-state index < -0.39 is 11.7 Å². The van der Waals surface area contributed by atoms with E-state index in [1.54, 1.807) is 23.1 Å². The first-order chi connectivity index (χ1) is 15.7. The summed E-state index contributed by atoms with van der Waals surface area (Å²) < 4.78 is 56.3. The summed E-state index contributed by atoms with van der Waals surface area (Å²) in [6.07, 6.45) is -4.51. The molecule has 33 heavy (non-hydrogen) atoms. The third-order valence-electron chi connectivity index (χ3n) is 5.68. The standard InChI is InChI=1S/C23H24F3N3O4/c1-14-12-28(8-9-29(14)21(30)13-31-2)22-17-11-16(32-3)5-7-19(17)33-20-6-4-15(23(24,25)26)10-18(20)27-22/h4-7,10-11,14H,8-9,12-13H2,1-3H3. The number of hydrogen-bond acceptors (Lipinski definition) is 6. The molecule has 2 aromatic rings. The molecule has 7 nitrogen and oxygen atoms in total. The lowest BCUT2D eigenvalue weighted by Gasteiger charge is -2.41. The van der Waals surface area contributed by atoms with E-state index in [2.05, 4.69) is 4.99 Å². The average Bonchev–Trinajstić information content (AvgIpc) is 2.94. The van der Waals surface area contributed by atoms with Gasteiger partial charge in [-0.05, 0) is 43.3 Å². The number of benzene rings is 2. The Bertz CT molecular complexity index is 1090. The van der Waals surface area contributed by atoms with Gasteiger partial charge in [0.05, 0.1) is 18.2 Å². The van der Waals surface area contributed by atoms with Crippen molar-refractivity contribution in [2.45, 2.75) is 19.1 Å². The minimum absolute atomic E-state index is 0.00719. The monoisotopic (exact) mass is 463 g/mol. The van der Waals surface area contributed by atoms with Crippen molar-refractivity contribution in [2.24, 2.45) is 4.99 Å². The molecule has 2 aromatic carbocycles. The molecule has 1 unspecified atom stereocenters. The van der Waals surface area contributed by atoms with Crippen LogP contribution in [0.25, 0.3) is 0 Å². The maximum atomic E-state index is 13.3. The molecule has 10 heteroatoms. The predicted molar refractivity (Wildman–Crippen MR) is 115 cm³/mol. The van der Waals surface area contributed by atoms with E-state index in [4.69, 9.17) is 14.2 Å². The molecule has 0 aromatic heterocycles. The molecule has 1 amide bonds. The number of methoxy groups -OCH3 is 2. The number of alkyl halides is 3. The molecular formula is C23H24F3N3O4. The van der Waals surface area contributed by atoms with Gasteiger partial charge in [0, 0.05) is 32.8 Å². The molecule has 0 radical (unpaired) electrons. The van der Waals surface area contributed by atoms with E-state index in [0.29, 0.717) is 42.5 Å². The van der Waals surface area contributed by atoms with Crippen LogP contribution in [0.1, 0.15) is 18.1 Å². The van der Waals surface area contributed by atoms with E-state index in [9.17, 15) is 18.0 Å². The summed E-state index contributed by atoms with van der Waals surface area (Å²) in [5.74, 6) is 1.60. The van der Waals surface area contributed by atoms with E-state index >= 15 is 0 Å². The fourth-order valence-electron chi connectivity index (χ4n) is 4.03. The van der Waals surface area contributed by atoms with E-state index in [-0.39, 0.29) is 30.0 Å². The maximum absolute atomic E-state index is 13.3. The SMILES string of the molecule is COCC(=O)N1CCN(C2=Nc3cc(C(F)(F)F)ccc3Oc3ccc(OC)cc32)CC1C. The first-order valence-electron chi connectivity index (χ1n) is 10.4. The van der Waals surface area contributed by atoms with Crippen LogP contribution in [0.2, 0.25) is 0 Å². The van der Waals surface area contributed by atoms with Gasteiger partial charge in [0.25, 0.3) is 0 Å². The second-order valence-corrected chi connectivity index (χ2v) is 7.90. The zero-order valence-corrected chi connectivity index (χ0v) is 18.5.